The number of hydrogen-bond acceptors (Lipinski definition) is 7. The van der Waals surface area contributed by atoms with Crippen LogP contribution in [-0.4, -0.2) is 23.1 Å². The van der Waals surface area contributed by atoms with Crippen LogP contribution in [0.2, 0.25) is 0 Å². The quantitative estimate of drug-likeness (QED) is 0.149. The predicted octanol–water partition coefficient (Wildman–Crippen LogP) is 9.01. The normalized spacial score (nSPS) is 15.9. The van der Waals surface area contributed by atoms with Gasteiger partial charge in [0.05, 0.1) is 11.1 Å². The molecule has 4 nitrogen and oxygen atoms in total. The first-order chi connectivity index (χ1) is 20.5. The van der Waals surface area contributed by atoms with E-state index < -0.39 is 0 Å². The van der Waals surface area contributed by atoms with Crippen molar-refractivity contribution in [3.8, 4) is 19.5 Å². The van der Waals surface area contributed by atoms with E-state index in [0.717, 1.165) is 24.4 Å². The Kier molecular flexibility index (Phi) is 5.83. The summed E-state index contributed by atoms with van der Waals surface area (Å²) in [6, 6.07) is 24.3. The summed E-state index contributed by atoms with van der Waals surface area (Å²) in [5, 5.41) is 0. The first kappa shape index (κ1) is 25.4. The highest BCUT2D eigenvalue weighted by atomic mass is 32.1. The number of carbonyl (C=O) groups is 4. The summed E-state index contributed by atoms with van der Waals surface area (Å²) in [6.45, 7) is 0. The molecule has 8 rings (SSSR count). The lowest BCUT2D eigenvalue weighted by atomic mass is 10.1. The number of hydrogen-bond donors (Lipinski definition) is 0. The van der Waals surface area contributed by atoms with E-state index in [-0.39, 0.29) is 34.3 Å². The molecule has 42 heavy (non-hydrogen) atoms. The van der Waals surface area contributed by atoms with Crippen LogP contribution in [0, 0.1) is 0 Å². The molecule has 2 aromatic carbocycles. The third kappa shape index (κ3) is 4.08. The third-order valence-electron chi connectivity index (χ3n) is 7.88. The molecular weight excluding hydrogens is 581 g/mol. The van der Waals surface area contributed by atoms with Gasteiger partial charge in [-0.05, 0) is 66.8 Å². The third-order valence-corrected chi connectivity index (χ3v) is 11.5. The van der Waals surface area contributed by atoms with Gasteiger partial charge in [-0.3, -0.25) is 19.2 Å². The van der Waals surface area contributed by atoms with Gasteiger partial charge in [-0.2, -0.15) is 0 Å². The fourth-order valence-electron chi connectivity index (χ4n) is 5.62. The summed E-state index contributed by atoms with van der Waals surface area (Å²) in [5.74, 6) is -0.316. The fourth-order valence-corrected chi connectivity index (χ4v) is 8.99. The molecule has 3 heterocycles. The zero-order chi connectivity index (χ0) is 28.5. The molecule has 0 N–H and O–H groups in total. The van der Waals surface area contributed by atoms with Crippen LogP contribution in [0.3, 0.4) is 0 Å². The molecule has 0 radical (unpaired) electrons. The van der Waals surface area contributed by atoms with Gasteiger partial charge in [0.15, 0.2) is 23.1 Å². The molecule has 1 fully saturated rings. The topological polar surface area (TPSA) is 68.3 Å². The van der Waals surface area contributed by atoms with Crippen molar-refractivity contribution in [3.63, 3.8) is 0 Å². The summed E-state index contributed by atoms with van der Waals surface area (Å²) < 4.78 is 0. The first-order valence-electron chi connectivity index (χ1n) is 13.6. The Labute approximate surface area is 253 Å². The van der Waals surface area contributed by atoms with Gasteiger partial charge in [-0.25, -0.2) is 0 Å². The molecule has 202 valence electrons. The smallest absolute Gasteiger partial charge is 0.197 e. The summed E-state index contributed by atoms with van der Waals surface area (Å²) in [5.41, 5.74) is 3.67. The molecule has 0 spiro atoms. The summed E-state index contributed by atoms with van der Waals surface area (Å²) in [6.07, 6.45) is 5.78. The lowest BCUT2D eigenvalue weighted by molar-refractivity contribution is 0.0975. The number of carbonyl (C=O) groups excluding carboxylic acids is 4. The number of Topliss-reactive ketones (excluding diaryl/α,β-unsaturated/α-hetero) is 4. The molecule has 3 aromatic heterocycles. The zero-order valence-electron chi connectivity index (χ0n) is 22.0. The van der Waals surface area contributed by atoms with Gasteiger partial charge < -0.3 is 0 Å². The molecule has 3 aliphatic rings. The van der Waals surface area contributed by atoms with E-state index in [2.05, 4.69) is 18.2 Å². The second kappa shape index (κ2) is 9.63. The molecule has 0 saturated heterocycles. The van der Waals surface area contributed by atoms with Crippen LogP contribution < -0.4 is 0 Å². The van der Waals surface area contributed by atoms with Crippen LogP contribution in [-0.2, 0) is 0 Å². The molecule has 1 saturated carbocycles. The summed E-state index contributed by atoms with van der Waals surface area (Å²) in [4.78, 5) is 57.8. The average Bonchev–Trinajstić information content (AvgIpc) is 3.32. The maximum Gasteiger partial charge on any atom is 0.197 e. The molecule has 0 aliphatic heterocycles. The highest BCUT2D eigenvalue weighted by Crippen LogP contribution is 2.52. The number of ketones is 4. The molecule has 7 heteroatoms. The Hall–Kier alpha value is -4.30. The fraction of sp³-hybridized carbons (Fsp3) is 0.0857. The van der Waals surface area contributed by atoms with Crippen molar-refractivity contribution in [2.45, 2.75) is 18.8 Å². The second-order valence-corrected chi connectivity index (χ2v) is 13.9. The van der Waals surface area contributed by atoms with Crippen molar-refractivity contribution in [3.05, 3.63) is 128 Å². The molecule has 0 bridgehead atoms. The lowest BCUT2D eigenvalue weighted by Gasteiger charge is -1.98. The van der Waals surface area contributed by atoms with Gasteiger partial charge in [-0.1, -0.05) is 48.5 Å². The Morgan fingerprint density at radius 3 is 1.45 bits per heavy atom. The Balaban J connectivity index is 1.10. The summed E-state index contributed by atoms with van der Waals surface area (Å²) in [7, 11) is 0. The summed E-state index contributed by atoms with van der Waals surface area (Å²) >= 11 is 4.91. The minimum Gasteiger partial charge on any atom is -0.288 e. The van der Waals surface area contributed by atoms with Gasteiger partial charge in [-0.15, -0.1) is 34.0 Å². The van der Waals surface area contributed by atoms with Crippen molar-refractivity contribution in [1.82, 2.24) is 0 Å². The van der Waals surface area contributed by atoms with Crippen LogP contribution in [0.15, 0.2) is 90.0 Å². The number of benzene rings is 2. The SMILES string of the molecule is O=C1C(=Cc2ccc(-c3cc(C4CC4)c(-c4ccc(C=C5C(=O)c6ccccc6C5=O)s4)s3)s2)C(=O)c2ccccc21. The van der Waals surface area contributed by atoms with Gasteiger partial charge in [0.25, 0.3) is 0 Å². The van der Waals surface area contributed by atoms with Crippen molar-refractivity contribution in [2.24, 2.45) is 0 Å². The first-order valence-corrected chi connectivity index (χ1v) is 16.1. The van der Waals surface area contributed by atoms with Crippen LogP contribution >= 0.6 is 34.0 Å². The van der Waals surface area contributed by atoms with Gasteiger partial charge in [0, 0.05) is 51.5 Å². The number of allylic oxidation sites excluding steroid dienone is 2. The maximum atomic E-state index is 12.9. The zero-order valence-corrected chi connectivity index (χ0v) is 24.5. The molecule has 3 aliphatic carbocycles. The standard InChI is InChI=1S/C35H20O4S3/c36-31-21-5-1-2-6-22(21)32(37)26(31)15-19-11-13-28(40-19)30-17-25(18-9-10-18)35(42-30)29-14-12-20(41-29)16-27-33(38)23-7-3-4-8-24(23)34(27)39/h1-8,11-18H,9-10H2. The number of thiophene rings is 3. The average molecular weight is 601 g/mol. The van der Waals surface area contributed by atoms with Crippen LogP contribution in [0.5, 0.6) is 0 Å². The van der Waals surface area contributed by atoms with E-state index in [1.54, 1.807) is 94.7 Å². The van der Waals surface area contributed by atoms with E-state index in [9.17, 15) is 19.2 Å². The predicted molar refractivity (Wildman–Crippen MR) is 169 cm³/mol. The van der Waals surface area contributed by atoms with E-state index in [4.69, 9.17) is 0 Å². The minimum absolute atomic E-state index is 0.212. The van der Waals surface area contributed by atoms with Crippen molar-refractivity contribution in [1.29, 1.82) is 0 Å². The van der Waals surface area contributed by atoms with Crippen LogP contribution in [0.25, 0.3) is 31.7 Å². The van der Waals surface area contributed by atoms with Crippen LogP contribution in [0.4, 0.5) is 0 Å². The van der Waals surface area contributed by atoms with E-state index in [0.29, 0.717) is 28.2 Å². The number of rotatable bonds is 5. The van der Waals surface area contributed by atoms with Gasteiger partial charge >= 0.3 is 0 Å². The Morgan fingerprint density at radius 1 is 0.524 bits per heavy atom. The van der Waals surface area contributed by atoms with Crippen molar-refractivity contribution in [2.75, 3.05) is 0 Å². The second-order valence-electron chi connectivity index (χ2n) is 10.6. The highest BCUT2D eigenvalue weighted by Gasteiger charge is 2.34. The largest absolute Gasteiger partial charge is 0.288 e. The van der Waals surface area contributed by atoms with Crippen molar-refractivity contribution >= 4 is 69.3 Å². The Morgan fingerprint density at radius 2 is 0.976 bits per heavy atom. The lowest BCUT2D eigenvalue weighted by Crippen LogP contribution is -1.99. The number of fused-ring (bicyclic) bond motifs is 2. The highest BCUT2D eigenvalue weighted by molar-refractivity contribution is 7.27. The Bertz CT molecular complexity index is 2000. The van der Waals surface area contributed by atoms with Crippen LogP contribution in [0.1, 0.15) is 75.5 Å². The van der Waals surface area contributed by atoms with Gasteiger partial charge in [0.1, 0.15) is 0 Å². The van der Waals surface area contributed by atoms with E-state index >= 15 is 0 Å². The van der Waals surface area contributed by atoms with E-state index in [1.807, 2.05) is 12.1 Å². The molecule has 5 aromatic rings. The van der Waals surface area contributed by atoms with Crippen molar-refractivity contribution < 1.29 is 19.2 Å². The maximum absolute atomic E-state index is 12.9. The minimum atomic E-state index is -0.215. The molecular formula is C35H20O4S3. The van der Waals surface area contributed by atoms with E-state index in [1.165, 1.54) is 23.3 Å². The monoisotopic (exact) mass is 600 g/mol. The molecule has 0 unspecified atom stereocenters. The molecule has 0 atom stereocenters. The van der Waals surface area contributed by atoms with Gasteiger partial charge in [0.2, 0.25) is 0 Å². The molecule has 0 amide bonds.